The SMILES string of the molecule is O=C(Cc1ccccn1)N1CCN(C(=O)c2ccc(S(=O)(=O)C(F)(F)F)cc2)CC1. The molecule has 1 saturated heterocycles. The minimum Gasteiger partial charge on any atom is -0.339 e. The molecule has 0 bridgehead atoms. The lowest BCUT2D eigenvalue weighted by atomic mass is 10.1. The summed E-state index contributed by atoms with van der Waals surface area (Å²) >= 11 is 0. The molecule has 1 aliphatic heterocycles. The van der Waals surface area contributed by atoms with Crippen LogP contribution in [0, 0.1) is 0 Å². The summed E-state index contributed by atoms with van der Waals surface area (Å²) in [6.45, 7) is 1.15. The molecule has 1 aromatic heterocycles. The van der Waals surface area contributed by atoms with Crippen LogP contribution in [0.5, 0.6) is 0 Å². The van der Waals surface area contributed by atoms with Gasteiger partial charge in [0.05, 0.1) is 11.3 Å². The van der Waals surface area contributed by atoms with E-state index < -0.39 is 26.1 Å². The molecule has 7 nitrogen and oxygen atoms in total. The maximum absolute atomic E-state index is 12.6. The van der Waals surface area contributed by atoms with Crippen LogP contribution in [0.4, 0.5) is 13.2 Å². The summed E-state index contributed by atoms with van der Waals surface area (Å²) in [5.74, 6) is -0.551. The van der Waals surface area contributed by atoms with Gasteiger partial charge in [-0.15, -0.1) is 0 Å². The number of aromatic nitrogens is 1. The van der Waals surface area contributed by atoms with E-state index in [9.17, 15) is 31.2 Å². The predicted molar refractivity (Wildman–Crippen MR) is 100 cm³/mol. The fraction of sp³-hybridized carbons (Fsp3) is 0.316. The van der Waals surface area contributed by atoms with E-state index in [-0.39, 0.29) is 31.0 Å². The van der Waals surface area contributed by atoms with Crippen LogP contribution in [-0.4, -0.2) is 66.7 Å². The Bertz CT molecular complexity index is 1020. The molecule has 0 radical (unpaired) electrons. The highest BCUT2D eigenvalue weighted by Crippen LogP contribution is 2.30. The molecule has 0 unspecified atom stereocenters. The van der Waals surface area contributed by atoms with Crippen LogP contribution in [0.1, 0.15) is 16.1 Å². The summed E-state index contributed by atoms with van der Waals surface area (Å²) in [6, 6.07) is 8.94. The van der Waals surface area contributed by atoms with Crippen LogP contribution in [-0.2, 0) is 21.1 Å². The number of carbonyl (C=O) groups is 2. The number of carbonyl (C=O) groups excluding carboxylic acids is 2. The average molecular weight is 441 g/mol. The first-order valence-corrected chi connectivity index (χ1v) is 10.5. The summed E-state index contributed by atoms with van der Waals surface area (Å²) < 4.78 is 60.6. The van der Waals surface area contributed by atoms with Crippen LogP contribution in [0.2, 0.25) is 0 Å². The number of hydrogen-bond acceptors (Lipinski definition) is 5. The summed E-state index contributed by atoms with van der Waals surface area (Å²) in [5.41, 5.74) is -4.68. The van der Waals surface area contributed by atoms with Crippen LogP contribution in [0.15, 0.2) is 53.6 Å². The van der Waals surface area contributed by atoms with Crippen molar-refractivity contribution in [2.45, 2.75) is 16.8 Å². The van der Waals surface area contributed by atoms with Crippen molar-refractivity contribution in [2.75, 3.05) is 26.2 Å². The van der Waals surface area contributed by atoms with Gasteiger partial charge in [-0.25, -0.2) is 8.42 Å². The lowest BCUT2D eigenvalue weighted by Gasteiger charge is -2.34. The molecular formula is C19H18F3N3O4S. The minimum atomic E-state index is -5.46. The van der Waals surface area contributed by atoms with Crippen molar-refractivity contribution in [1.29, 1.82) is 0 Å². The molecule has 2 amide bonds. The maximum Gasteiger partial charge on any atom is 0.501 e. The summed E-state index contributed by atoms with van der Waals surface area (Å²) in [6.07, 6.45) is 1.76. The number of sulfone groups is 1. The van der Waals surface area contributed by atoms with Crippen molar-refractivity contribution < 1.29 is 31.2 Å². The number of pyridine rings is 1. The van der Waals surface area contributed by atoms with Crippen molar-refractivity contribution in [1.82, 2.24) is 14.8 Å². The van der Waals surface area contributed by atoms with Crippen LogP contribution < -0.4 is 0 Å². The standard InChI is InChI=1S/C19H18F3N3O4S/c20-19(21,22)30(28,29)16-6-4-14(5-7-16)18(27)25-11-9-24(10-12-25)17(26)13-15-3-1-2-8-23-15/h1-8H,9-13H2. The third-order valence-corrected chi connectivity index (χ3v) is 6.20. The molecule has 160 valence electrons. The Morgan fingerprint density at radius 3 is 2.07 bits per heavy atom. The molecule has 0 saturated carbocycles. The highest BCUT2D eigenvalue weighted by atomic mass is 32.2. The van der Waals surface area contributed by atoms with Gasteiger partial charge < -0.3 is 9.80 Å². The Hall–Kier alpha value is -2.95. The number of rotatable bonds is 4. The number of benzene rings is 1. The van der Waals surface area contributed by atoms with Gasteiger partial charge in [-0.3, -0.25) is 14.6 Å². The summed E-state index contributed by atoms with van der Waals surface area (Å²) in [4.78, 5) is 31.2. The Morgan fingerprint density at radius 1 is 0.933 bits per heavy atom. The molecule has 11 heteroatoms. The molecule has 3 rings (SSSR count). The van der Waals surface area contributed by atoms with Gasteiger partial charge in [0.2, 0.25) is 5.91 Å². The molecule has 0 spiro atoms. The average Bonchev–Trinajstić information content (AvgIpc) is 2.73. The molecule has 0 atom stereocenters. The zero-order chi connectivity index (χ0) is 21.9. The molecule has 1 fully saturated rings. The molecule has 0 aliphatic carbocycles. The lowest BCUT2D eigenvalue weighted by Crippen LogP contribution is -2.51. The van der Waals surface area contributed by atoms with Gasteiger partial charge >= 0.3 is 5.51 Å². The Morgan fingerprint density at radius 2 is 1.53 bits per heavy atom. The van der Waals surface area contributed by atoms with Crippen LogP contribution in [0.25, 0.3) is 0 Å². The highest BCUT2D eigenvalue weighted by Gasteiger charge is 2.46. The Labute approximate surface area is 171 Å². The van der Waals surface area contributed by atoms with E-state index in [4.69, 9.17) is 0 Å². The smallest absolute Gasteiger partial charge is 0.339 e. The second-order valence-corrected chi connectivity index (χ2v) is 8.59. The lowest BCUT2D eigenvalue weighted by molar-refractivity contribution is -0.132. The number of hydrogen-bond donors (Lipinski definition) is 0. The van der Waals surface area contributed by atoms with Gasteiger partial charge in [-0.1, -0.05) is 6.07 Å². The van der Waals surface area contributed by atoms with Gasteiger partial charge in [-0.05, 0) is 36.4 Å². The second-order valence-electron chi connectivity index (χ2n) is 6.64. The van der Waals surface area contributed by atoms with Crippen molar-refractivity contribution in [3.8, 4) is 0 Å². The first-order valence-electron chi connectivity index (χ1n) is 8.98. The van der Waals surface area contributed by atoms with E-state index in [0.29, 0.717) is 18.8 Å². The summed E-state index contributed by atoms with van der Waals surface area (Å²) in [5, 5.41) is 0. The number of amides is 2. The van der Waals surface area contributed by atoms with Crippen molar-refractivity contribution in [3.63, 3.8) is 0 Å². The number of alkyl halides is 3. The van der Waals surface area contributed by atoms with Gasteiger partial charge in [0.15, 0.2) is 0 Å². The quantitative estimate of drug-likeness (QED) is 0.723. The van der Waals surface area contributed by atoms with Crippen LogP contribution >= 0.6 is 0 Å². The Kier molecular flexibility index (Phi) is 6.11. The predicted octanol–water partition coefficient (Wildman–Crippen LogP) is 1.90. The maximum atomic E-state index is 12.6. The summed E-state index contributed by atoms with van der Waals surface area (Å²) in [7, 11) is -5.46. The molecular weight excluding hydrogens is 423 g/mol. The molecule has 0 N–H and O–H groups in total. The largest absolute Gasteiger partial charge is 0.501 e. The number of piperazine rings is 1. The fourth-order valence-corrected chi connectivity index (χ4v) is 3.78. The molecule has 30 heavy (non-hydrogen) atoms. The van der Waals surface area contributed by atoms with E-state index in [1.165, 1.54) is 4.90 Å². The molecule has 1 aliphatic rings. The van der Waals surface area contributed by atoms with Gasteiger partial charge in [-0.2, -0.15) is 13.2 Å². The van der Waals surface area contributed by atoms with Gasteiger partial charge in [0, 0.05) is 43.6 Å². The zero-order valence-electron chi connectivity index (χ0n) is 15.7. The number of nitrogens with zero attached hydrogens (tertiary/aromatic N) is 3. The van der Waals surface area contributed by atoms with Gasteiger partial charge in [0.1, 0.15) is 0 Å². The number of halogens is 3. The highest BCUT2D eigenvalue weighted by molar-refractivity contribution is 7.92. The van der Waals surface area contributed by atoms with Crippen molar-refractivity contribution >= 4 is 21.7 Å². The van der Waals surface area contributed by atoms with E-state index in [0.717, 1.165) is 24.3 Å². The van der Waals surface area contributed by atoms with E-state index in [1.807, 2.05) is 0 Å². The minimum absolute atomic E-state index is 0.0735. The van der Waals surface area contributed by atoms with Crippen molar-refractivity contribution in [3.05, 3.63) is 59.9 Å². The molecule has 2 aromatic rings. The third-order valence-electron chi connectivity index (χ3n) is 4.69. The third kappa shape index (κ3) is 4.61. The fourth-order valence-electron chi connectivity index (χ4n) is 3.02. The monoisotopic (exact) mass is 441 g/mol. The topological polar surface area (TPSA) is 87.7 Å². The van der Waals surface area contributed by atoms with E-state index >= 15 is 0 Å². The van der Waals surface area contributed by atoms with Crippen LogP contribution in [0.3, 0.4) is 0 Å². The van der Waals surface area contributed by atoms with Gasteiger partial charge in [0.25, 0.3) is 15.7 Å². The zero-order valence-corrected chi connectivity index (χ0v) is 16.5. The first kappa shape index (κ1) is 21.8. The second kappa shape index (κ2) is 8.42. The molecule has 1 aromatic carbocycles. The van der Waals surface area contributed by atoms with Crippen molar-refractivity contribution in [2.24, 2.45) is 0 Å². The molecule has 2 heterocycles. The van der Waals surface area contributed by atoms with E-state index in [1.54, 1.807) is 29.3 Å². The normalized spacial score (nSPS) is 15.2. The Balaban J connectivity index is 1.59. The first-order chi connectivity index (χ1) is 14.1. The van der Waals surface area contributed by atoms with E-state index in [2.05, 4.69) is 4.98 Å².